The average Bonchev–Trinajstić information content (AvgIpc) is 2.68. The van der Waals surface area contributed by atoms with E-state index in [2.05, 4.69) is 15.9 Å². The molecule has 3 aromatic carbocycles. The monoisotopic (exact) mass is 404 g/mol. The number of rotatable bonds is 3. The van der Waals surface area contributed by atoms with E-state index in [1.807, 2.05) is 60.7 Å². The summed E-state index contributed by atoms with van der Waals surface area (Å²) in [4.78, 5) is 21.0. The third kappa shape index (κ3) is 2.97. The van der Waals surface area contributed by atoms with Crippen molar-refractivity contribution in [3.05, 3.63) is 82.8 Å². The zero-order valence-corrected chi connectivity index (χ0v) is 15.1. The van der Waals surface area contributed by atoms with Crippen LogP contribution in [0.2, 0.25) is 0 Å². The van der Waals surface area contributed by atoms with Crippen LogP contribution in [0, 0.1) is 0 Å². The minimum atomic E-state index is -0.997. The van der Waals surface area contributed by atoms with Crippen LogP contribution in [0.3, 0.4) is 0 Å². The van der Waals surface area contributed by atoms with Crippen LogP contribution >= 0.6 is 15.9 Å². The van der Waals surface area contributed by atoms with Gasteiger partial charge < -0.3 is 5.11 Å². The largest absolute Gasteiger partial charge is 0.478 e. The first-order chi connectivity index (χ1) is 12.6. The summed E-state index contributed by atoms with van der Waals surface area (Å²) in [6.45, 7) is 0. The fourth-order valence-corrected chi connectivity index (χ4v) is 3.38. The Kier molecular flexibility index (Phi) is 4.22. The van der Waals surface area contributed by atoms with E-state index >= 15 is 0 Å². The van der Waals surface area contributed by atoms with Gasteiger partial charge in [-0.3, -0.25) is 0 Å². The van der Waals surface area contributed by atoms with Crippen LogP contribution in [-0.2, 0) is 0 Å². The van der Waals surface area contributed by atoms with Gasteiger partial charge in [-0.1, -0.05) is 60.7 Å². The van der Waals surface area contributed by atoms with Crippen molar-refractivity contribution in [2.75, 3.05) is 0 Å². The second-order valence-corrected chi connectivity index (χ2v) is 6.64. The molecule has 0 fully saturated rings. The van der Waals surface area contributed by atoms with Crippen LogP contribution in [0.4, 0.5) is 0 Å². The molecule has 1 aromatic heterocycles. The van der Waals surface area contributed by atoms with Gasteiger partial charge >= 0.3 is 5.97 Å². The van der Waals surface area contributed by atoms with Gasteiger partial charge in [0, 0.05) is 15.6 Å². The number of aromatic nitrogens is 2. The molecule has 0 amide bonds. The zero-order valence-electron chi connectivity index (χ0n) is 13.6. The standard InChI is InChI=1S/C21H13BrN2O2/c22-16-11-15(21(25)26)12-17-20(16)24-19(14-9-5-2-6-10-14)18(23-17)13-7-3-1-4-8-13/h1-12H,(H,25,26). The third-order valence-corrected chi connectivity index (χ3v) is 4.67. The molecule has 0 saturated heterocycles. The van der Waals surface area contributed by atoms with Crippen LogP contribution in [0.25, 0.3) is 33.5 Å². The summed E-state index contributed by atoms with van der Waals surface area (Å²) in [5.74, 6) is -0.997. The molecule has 5 heteroatoms. The number of carbonyl (C=O) groups is 1. The molecule has 4 aromatic rings. The molecule has 0 bridgehead atoms. The Labute approximate surface area is 158 Å². The lowest BCUT2D eigenvalue weighted by Crippen LogP contribution is -2.00. The number of hydrogen-bond acceptors (Lipinski definition) is 3. The summed E-state index contributed by atoms with van der Waals surface area (Å²) >= 11 is 3.44. The van der Waals surface area contributed by atoms with Gasteiger partial charge in [0.2, 0.25) is 0 Å². The lowest BCUT2D eigenvalue weighted by molar-refractivity contribution is 0.0697. The Morgan fingerprint density at radius 3 is 1.88 bits per heavy atom. The minimum Gasteiger partial charge on any atom is -0.478 e. The number of carboxylic acid groups (broad SMARTS) is 1. The molecule has 0 atom stereocenters. The minimum absolute atomic E-state index is 0.171. The SMILES string of the molecule is O=C(O)c1cc(Br)c2nc(-c3ccccc3)c(-c3ccccc3)nc2c1. The Balaban J connectivity index is 2.06. The smallest absolute Gasteiger partial charge is 0.335 e. The summed E-state index contributed by atoms with van der Waals surface area (Å²) in [5, 5.41) is 9.32. The van der Waals surface area contributed by atoms with Gasteiger partial charge in [-0.25, -0.2) is 14.8 Å². The lowest BCUT2D eigenvalue weighted by Gasteiger charge is -2.12. The van der Waals surface area contributed by atoms with Gasteiger partial charge in [0.1, 0.15) is 5.52 Å². The highest BCUT2D eigenvalue weighted by Gasteiger charge is 2.16. The van der Waals surface area contributed by atoms with E-state index in [4.69, 9.17) is 9.97 Å². The second kappa shape index (κ2) is 6.69. The molecule has 26 heavy (non-hydrogen) atoms. The highest BCUT2D eigenvalue weighted by molar-refractivity contribution is 9.10. The lowest BCUT2D eigenvalue weighted by atomic mass is 10.0. The van der Waals surface area contributed by atoms with Crippen molar-refractivity contribution in [2.24, 2.45) is 0 Å². The molecule has 0 saturated carbocycles. The Morgan fingerprint density at radius 2 is 1.35 bits per heavy atom. The van der Waals surface area contributed by atoms with Crippen molar-refractivity contribution in [1.29, 1.82) is 0 Å². The van der Waals surface area contributed by atoms with Gasteiger partial charge in [-0.15, -0.1) is 0 Å². The van der Waals surface area contributed by atoms with Gasteiger partial charge in [0.15, 0.2) is 0 Å². The Morgan fingerprint density at radius 1 is 0.808 bits per heavy atom. The van der Waals surface area contributed by atoms with Gasteiger partial charge in [-0.2, -0.15) is 0 Å². The molecule has 0 aliphatic rings. The van der Waals surface area contributed by atoms with Crippen molar-refractivity contribution in [3.8, 4) is 22.5 Å². The highest BCUT2D eigenvalue weighted by Crippen LogP contribution is 2.33. The van der Waals surface area contributed by atoms with Crippen LogP contribution < -0.4 is 0 Å². The summed E-state index contributed by atoms with van der Waals surface area (Å²) in [6, 6.07) is 22.7. The predicted octanol–water partition coefficient (Wildman–Crippen LogP) is 5.42. The molecule has 0 spiro atoms. The zero-order chi connectivity index (χ0) is 18.1. The molecule has 0 aliphatic carbocycles. The molecule has 1 N–H and O–H groups in total. The van der Waals surface area contributed by atoms with Crippen molar-refractivity contribution in [3.63, 3.8) is 0 Å². The number of benzene rings is 3. The van der Waals surface area contributed by atoms with E-state index in [-0.39, 0.29) is 5.56 Å². The molecule has 4 nitrogen and oxygen atoms in total. The molecule has 0 radical (unpaired) electrons. The fraction of sp³-hybridized carbons (Fsp3) is 0. The van der Waals surface area contributed by atoms with Crippen molar-refractivity contribution in [1.82, 2.24) is 9.97 Å². The summed E-state index contributed by atoms with van der Waals surface area (Å²) in [7, 11) is 0. The van der Waals surface area contributed by atoms with E-state index in [0.29, 0.717) is 15.5 Å². The van der Waals surface area contributed by atoms with Crippen LogP contribution in [0.1, 0.15) is 10.4 Å². The third-order valence-electron chi connectivity index (χ3n) is 4.06. The van der Waals surface area contributed by atoms with E-state index < -0.39 is 5.97 Å². The number of halogens is 1. The molecule has 126 valence electrons. The first-order valence-electron chi connectivity index (χ1n) is 7.99. The molecular weight excluding hydrogens is 392 g/mol. The van der Waals surface area contributed by atoms with Crippen molar-refractivity contribution in [2.45, 2.75) is 0 Å². The van der Waals surface area contributed by atoms with Crippen LogP contribution in [-0.4, -0.2) is 21.0 Å². The maximum absolute atomic E-state index is 11.4. The molecule has 4 rings (SSSR count). The van der Waals surface area contributed by atoms with E-state index in [1.165, 1.54) is 0 Å². The topological polar surface area (TPSA) is 63.1 Å². The summed E-state index contributed by atoms with van der Waals surface area (Å²) < 4.78 is 0.608. The normalized spacial score (nSPS) is 10.8. The second-order valence-electron chi connectivity index (χ2n) is 5.78. The number of carboxylic acids is 1. The first-order valence-corrected chi connectivity index (χ1v) is 8.78. The molecule has 0 unspecified atom stereocenters. The van der Waals surface area contributed by atoms with Gasteiger partial charge in [0.25, 0.3) is 0 Å². The first kappa shape index (κ1) is 16.4. The van der Waals surface area contributed by atoms with Crippen molar-refractivity contribution >= 4 is 32.9 Å². The fourth-order valence-electron chi connectivity index (χ4n) is 2.84. The molecule has 1 heterocycles. The Bertz CT molecular complexity index is 1110. The summed E-state index contributed by atoms with van der Waals surface area (Å²) in [5.41, 5.74) is 4.70. The van der Waals surface area contributed by atoms with Gasteiger partial charge in [0.05, 0.1) is 22.5 Å². The Hall–Kier alpha value is -3.05. The molecule has 0 aliphatic heterocycles. The van der Waals surface area contributed by atoms with Crippen molar-refractivity contribution < 1.29 is 9.90 Å². The quantitative estimate of drug-likeness (QED) is 0.494. The number of aromatic carboxylic acids is 1. The van der Waals surface area contributed by atoms with Crippen LogP contribution in [0.5, 0.6) is 0 Å². The highest BCUT2D eigenvalue weighted by atomic mass is 79.9. The average molecular weight is 405 g/mol. The van der Waals surface area contributed by atoms with Gasteiger partial charge in [-0.05, 0) is 28.1 Å². The van der Waals surface area contributed by atoms with Crippen LogP contribution in [0.15, 0.2) is 77.3 Å². The van der Waals surface area contributed by atoms with E-state index in [0.717, 1.165) is 22.5 Å². The predicted molar refractivity (Wildman–Crippen MR) is 105 cm³/mol. The summed E-state index contributed by atoms with van der Waals surface area (Å²) in [6.07, 6.45) is 0. The van der Waals surface area contributed by atoms with E-state index in [9.17, 15) is 9.90 Å². The number of hydrogen-bond donors (Lipinski definition) is 1. The number of nitrogens with zero attached hydrogens (tertiary/aromatic N) is 2. The molecular formula is C21H13BrN2O2. The number of fused-ring (bicyclic) bond motifs is 1. The maximum Gasteiger partial charge on any atom is 0.335 e. The van der Waals surface area contributed by atoms with E-state index in [1.54, 1.807) is 12.1 Å². The maximum atomic E-state index is 11.4.